The first-order valence-electron chi connectivity index (χ1n) is 16.1. The van der Waals surface area contributed by atoms with Crippen LogP contribution in [-0.4, -0.2) is 221 Å². The van der Waals surface area contributed by atoms with E-state index in [9.17, 15) is 80.5 Å². The van der Waals surface area contributed by atoms with Gasteiger partial charge in [0.1, 0.15) is 85.3 Å². The first-order valence-corrected chi connectivity index (χ1v) is 16.1. The highest BCUT2D eigenvalue weighted by molar-refractivity contribution is 5.74. The predicted octanol–water partition coefficient (Wildman–Crippen LogP) is -9.28. The van der Waals surface area contributed by atoms with Gasteiger partial charge >= 0.3 is 11.9 Å². The minimum atomic E-state index is -2.30. The van der Waals surface area contributed by atoms with Gasteiger partial charge in [-0.15, -0.1) is 0 Å². The van der Waals surface area contributed by atoms with Crippen LogP contribution < -0.4 is 10.6 Å². The Kier molecular flexibility index (Phi) is 14.4. The van der Waals surface area contributed by atoms with Crippen molar-refractivity contribution < 1.29 is 114 Å². The summed E-state index contributed by atoms with van der Waals surface area (Å²) in [5.74, 6) is -5.28. The minimum absolute atomic E-state index is 0.752. The van der Waals surface area contributed by atoms with Crippen molar-refractivity contribution in [3.63, 3.8) is 0 Å². The van der Waals surface area contributed by atoms with Gasteiger partial charge in [-0.05, 0) is 0 Å². The summed E-state index contributed by atoms with van der Waals surface area (Å²) < 4.78 is 38.0. The number of aliphatic hydroxyl groups excluding tert-OH is 10. The maximum Gasteiger partial charge on any atom is 0.335 e. The lowest BCUT2D eigenvalue weighted by atomic mass is 9.94. The van der Waals surface area contributed by atoms with Crippen LogP contribution in [0.1, 0.15) is 13.8 Å². The fourth-order valence-electron chi connectivity index (χ4n) is 6.30. The molecule has 0 saturated carbocycles. The number of aliphatic carboxylic acids is 2. The van der Waals surface area contributed by atoms with Gasteiger partial charge in [0.25, 0.3) is 0 Å². The first kappa shape index (κ1) is 42.9. The number of ether oxygens (including phenoxy) is 7. The average Bonchev–Trinajstić information content (AvgIpc) is 3.08. The monoisotopic (exact) mass is 776 g/mol. The second-order valence-electron chi connectivity index (χ2n) is 12.7. The molecule has 53 heavy (non-hydrogen) atoms. The molecule has 14 N–H and O–H groups in total. The Labute approximate surface area is 298 Å². The lowest BCUT2D eigenvalue weighted by molar-refractivity contribution is -0.368. The SMILES string of the molecule is CC(=O)NC1[C@H](O[C@@H]2C(C(=O)O)O[C@@H](O[C@@H]3C(NC(C)=O)[C@H](O)OC(CO)[C@H]3O)C(O)[C@H]2O)OC(CO)[C@@H](O)[C@@H]1O[C@@H]1OC(C(=O)O)[C@@H](O)[C@H](O)C1O. The van der Waals surface area contributed by atoms with Gasteiger partial charge in [-0.25, -0.2) is 9.59 Å². The molecule has 0 spiro atoms. The van der Waals surface area contributed by atoms with Crippen molar-refractivity contribution in [3.05, 3.63) is 0 Å². The maximum absolute atomic E-state index is 12.5. The number of aliphatic hydroxyl groups is 10. The second-order valence-corrected chi connectivity index (χ2v) is 12.7. The van der Waals surface area contributed by atoms with E-state index >= 15 is 0 Å². The Hall–Kier alpha value is -2.80. The summed E-state index contributed by atoms with van der Waals surface area (Å²) in [6, 6.07) is -3.38. The van der Waals surface area contributed by atoms with Crippen LogP contribution in [0.15, 0.2) is 0 Å². The van der Waals surface area contributed by atoms with Crippen LogP contribution in [0.5, 0.6) is 0 Å². The highest BCUT2D eigenvalue weighted by Crippen LogP contribution is 2.34. The summed E-state index contributed by atoms with van der Waals surface area (Å²) >= 11 is 0. The number of carboxylic acids is 2. The fourth-order valence-corrected chi connectivity index (χ4v) is 6.30. The Morgan fingerprint density at radius 2 is 0.943 bits per heavy atom. The van der Waals surface area contributed by atoms with Crippen LogP contribution in [0, 0.1) is 0 Å². The van der Waals surface area contributed by atoms with Gasteiger partial charge in [-0.3, -0.25) is 9.59 Å². The van der Waals surface area contributed by atoms with Gasteiger partial charge < -0.3 is 105 Å². The van der Waals surface area contributed by atoms with Crippen LogP contribution in [-0.2, 0) is 52.3 Å². The number of hydrogen-bond acceptors (Lipinski definition) is 21. The third-order valence-electron chi connectivity index (χ3n) is 8.94. The Balaban J connectivity index is 1.62. The summed E-state index contributed by atoms with van der Waals surface area (Å²) in [4.78, 5) is 48.2. The molecule has 0 aromatic heterocycles. The van der Waals surface area contributed by atoms with E-state index in [1.807, 2.05) is 0 Å². The van der Waals surface area contributed by atoms with Crippen LogP contribution in [0.4, 0.5) is 0 Å². The molecule has 0 bridgehead atoms. The van der Waals surface area contributed by atoms with Crippen LogP contribution >= 0.6 is 0 Å². The molecule has 0 aromatic carbocycles. The number of rotatable bonds is 12. The molecule has 0 aromatic rings. The third kappa shape index (κ3) is 9.19. The van der Waals surface area contributed by atoms with Crippen molar-refractivity contribution in [2.24, 2.45) is 0 Å². The number of hydrogen-bond donors (Lipinski definition) is 14. The van der Waals surface area contributed by atoms with E-state index in [0.717, 1.165) is 13.8 Å². The number of nitrogens with one attached hydrogen (secondary N) is 2. The summed E-state index contributed by atoms with van der Waals surface area (Å²) in [5, 5.41) is 129. The maximum atomic E-state index is 12.5. The van der Waals surface area contributed by atoms with Gasteiger partial charge in [0.2, 0.25) is 11.8 Å². The predicted molar refractivity (Wildman–Crippen MR) is 158 cm³/mol. The van der Waals surface area contributed by atoms with Crippen LogP contribution in [0.3, 0.4) is 0 Å². The highest BCUT2D eigenvalue weighted by Gasteiger charge is 2.57. The largest absolute Gasteiger partial charge is 0.479 e. The van der Waals surface area contributed by atoms with Crippen LogP contribution in [0.25, 0.3) is 0 Å². The standard InChI is InChI=1S/C28H44N2O23/c1-5(33)29-9-18(11(35)7(3-31)47-25(9)46)49-28-17(41)15(39)20(22(53-28)24(44)45)51-26-10(30-6(2)34)19(12(36)8(4-32)48-26)50-27-16(40)13(37)14(38)21(52-27)23(42)43/h7-22,25-28,31-32,35-41,46H,3-4H2,1-2H3,(H,29,33)(H,30,34)(H,42,43)(H,44,45)/t7?,8?,9?,10?,11-,12-,13+,14+,15-,16?,17?,18-,19-,20+,21?,22?,25-,26+,27-,28-/m1/s1. The molecule has 4 saturated heterocycles. The van der Waals surface area contributed by atoms with E-state index in [4.69, 9.17) is 33.2 Å². The molecule has 25 nitrogen and oxygen atoms in total. The van der Waals surface area contributed by atoms with Gasteiger partial charge in [-0.1, -0.05) is 0 Å². The molecule has 2 amide bonds. The van der Waals surface area contributed by atoms with Crippen molar-refractivity contribution >= 4 is 23.8 Å². The van der Waals surface area contributed by atoms with Gasteiger partial charge in [0.15, 0.2) is 37.4 Å². The van der Waals surface area contributed by atoms with E-state index in [2.05, 4.69) is 10.6 Å². The molecular formula is C28H44N2O23. The van der Waals surface area contributed by atoms with Crippen LogP contribution in [0.2, 0.25) is 0 Å². The number of carbonyl (C=O) groups is 4. The van der Waals surface area contributed by atoms with Gasteiger partial charge in [0.05, 0.1) is 13.2 Å². The van der Waals surface area contributed by atoms with Crippen molar-refractivity contribution in [2.75, 3.05) is 13.2 Å². The zero-order valence-electron chi connectivity index (χ0n) is 27.8. The smallest absolute Gasteiger partial charge is 0.335 e. The fraction of sp³-hybridized carbons (Fsp3) is 0.857. The summed E-state index contributed by atoms with van der Waals surface area (Å²) in [6.45, 7) is 0.116. The molecule has 4 fully saturated rings. The van der Waals surface area contributed by atoms with E-state index in [1.165, 1.54) is 0 Å². The van der Waals surface area contributed by atoms with Crippen molar-refractivity contribution in [2.45, 2.75) is 137 Å². The van der Waals surface area contributed by atoms with E-state index in [-0.39, 0.29) is 0 Å². The molecule has 4 heterocycles. The molecule has 304 valence electrons. The van der Waals surface area contributed by atoms with Crippen molar-refractivity contribution in [1.29, 1.82) is 0 Å². The molecular weight excluding hydrogens is 732 g/mol. The quantitative estimate of drug-likeness (QED) is 0.0875. The Morgan fingerprint density at radius 1 is 0.509 bits per heavy atom. The molecule has 4 rings (SSSR count). The molecule has 20 atom stereocenters. The number of carboxylic acid groups (broad SMARTS) is 2. The number of carbonyl (C=O) groups excluding carboxylic acids is 2. The average molecular weight is 777 g/mol. The lowest BCUT2D eigenvalue weighted by Gasteiger charge is -2.49. The topological polar surface area (TPSA) is 400 Å². The zero-order valence-corrected chi connectivity index (χ0v) is 27.8. The van der Waals surface area contributed by atoms with E-state index in [1.54, 1.807) is 0 Å². The molecule has 0 radical (unpaired) electrons. The van der Waals surface area contributed by atoms with Crippen molar-refractivity contribution in [3.8, 4) is 0 Å². The van der Waals surface area contributed by atoms with Crippen molar-refractivity contribution in [1.82, 2.24) is 10.6 Å². The molecule has 4 aliphatic rings. The van der Waals surface area contributed by atoms with E-state index in [0.29, 0.717) is 0 Å². The molecule has 0 aliphatic carbocycles. The lowest BCUT2D eigenvalue weighted by Crippen LogP contribution is -2.70. The molecule has 4 aliphatic heterocycles. The normalized spacial score (nSPS) is 46.3. The third-order valence-corrected chi connectivity index (χ3v) is 8.94. The summed E-state index contributed by atoms with van der Waals surface area (Å²) in [5.41, 5.74) is 0. The molecule has 8 unspecified atom stereocenters. The van der Waals surface area contributed by atoms with E-state index < -0.39 is 160 Å². The summed E-state index contributed by atoms with van der Waals surface area (Å²) in [7, 11) is 0. The minimum Gasteiger partial charge on any atom is -0.479 e. The van der Waals surface area contributed by atoms with Gasteiger partial charge in [0, 0.05) is 13.8 Å². The Morgan fingerprint density at radius 3 is 1.43 bits per heavy atom. The van der Waals surface area contributed by atoms with Gasteiger partial charge in [-0.2, -0.15) is 0 Å². The first-order chi connectivity index (χ1) is 24.8. The Bertz CT molecular complexity index is 1300. The highest BCUT2D eigenvalue weighted by atomic mass is 16.8. The zero-order chi connectivity index (χ0) is 39.6. The second kappa shape index (κ2) is 17.8. The molecule has 25 heteroatoms. The number of amides is 2. The summed E-state index contributed by atoms with van der Waals surface area (Å²) in [6.07, 6.45) is -36.5.